The minimum atomic E-state index is -3.83. The molecule has 1 aliphatic rings. The fraction of sp³-hybridized carbons (Fsp3) is 0.350. The van der Waals surface area contributed by atoms with Crippen LogP contribution in [0.4, 0.5) is 5.82 Å². The molecule has 12 heteroatoms. The lowest BCUT2D eigenvalue weighted by Crippen LogP contribution is -2.48. The summed E-state index contributed by atoms with van der Waals surface area (Å²) in [6, 6.07) is 6.87. The van der Waals surface area contributed by atoms with E-state index < -0.39 is 28.5 Å². The van der Waals surface area contributed by atoms with Crippen LogP contribution < -0.4 is 5.32 Å². The zero-order valence-electron chi connectivity index (χ0n) is 17.2. The largest absolute Gasteiger partial charge is 0.452 e. The summed E-state index contributed by atoms with van der Waals surface area (Å²) >= 11 is 11.7. The summed E-state index contributed by atoms with van der Waals surface area (Å²) < 4.78 is 37.9. The fourth-order valence-corrected chi connectivity index (χ4v) is 5.21. The minimum Gasteiger partial charge on any atom is -0.452 e. The van der Waals surface area contributed by atoms with Gasteiger partial charge in [0.2, 0.25) is 10.0 Å². The Bertz CT molecular complexity index is 1120. The van der Waals surface area contributed by atoms with E-state index in [1.807, 2.05) is 0 Å². The van der Waals surface area contributed by atoms with E-state index in [4.69, 9.17) is 32.7 Å². The molecule has 2 heterocycles. The third kappa shape index (κ3) is 5.96. The zero-order chi connectivity index (χ0) is 23.5. The molecule has 2 atom stereocenters. The first-order chi connectivity index (χ1) is 15.1. The first kappa shape index (κ1) is 24.4. The molecule has 3 rings (SSSR count). The predicted molar refractivity (Wildman–Crippen MR) is 118 cm³/mol. The van der Waals surface area contributed by atoms with Crippen LogP contribution in [0.3, 0.4) is 0 Å². The second-order valence-corrected chi connectivity index (χ2v) is 10.00. The molecule has 32 heavy (non-hydrogen) atoms. The Balaban J connectivity index is 1.65. The van der Waals surface area contributed by atoms with E-state index in [0.717, 1.165) is 0 Å². The van der Waals surface area contributed by atoms with Crippen LogP contribution in [-0.4, -0.2) is 61.5 Å². The van der Waals surface area contributed by atoms with Crippen LogP contribution in [0.1, 0.15) is 24.2 Å². The number of anilines is 1. The van der Waals surface area contributed by atoms with Crippen molar-refractivity contribution in [1.82, 2.24) is 9.29 Å². The molecular formula is C20H21Cl2N3O6S. The average molecular weight is 502 g/mol. The van der Waals surface area contributed by atoms with Crippen LogP contribution in [0.2, 0.25) is 10.0 Å². The summed E-state index contributed by atoms with van der Waals surface area (Å²) in [5.74, 6) is -1.45. The van der Waals surface area contributed by atoms with Crippen molar-refractivity contribution >= 4 is 50.9 Å². The topological polar surface area (TPSA) is 115 Å². The summed E-state index contributed by atoms with van der Waals surface area (Å²) in [5.41, 5.74) is -0.00381. The number of halogens is 2. The number of ether oxygens (including phenoxy) is 2. The second kappa shape index (κ2) is 10.1. The number of nitrogens with zero attached hydrogens (tertiary/aromatic N) is 2. The quantitative estimate of drug-likeness (QED) is 0.604. The van der Waals surface area contributed by atoms with E-state index >= 15 is 0 Å². The number of hydrogen-bond acceptors (Lipinski definition) is 7. The SMILES string of the molecule is CC1CN(S(=O)(=O)c2cccc(C(=O)OCC(=O)Nc3ncc(Cl)cc3Cl)c2)CC(C)O1. The molecular weight excluding hydrogens is 481 g/mol. The molecule has 1 aromatic carbocycles. The monoisotopic (exact) mass is 501 g/mol. The number of esters is 1. The van der Waals surface area contributed by atoms with Gasteiger partial charge in [0, 0.05) is 19.3 Å². The van der Waals surface area contributed by atoms with Crippen LogP contribution in [0.25, 0.3) is 0 Å². The number of benzene rings is 1. The number of pyridine rings is 1. The van der Waals surface area contributed by atoms with Gasteiger partial charge >= 0.3 is 5.97 Å². The summed E-state index contributed by atoms with van der Waals surface area (Å²) in [6.45, 7) is 3.40. The number of hydrogen-bond donors (Lipinski definition) is 1. The Morgan fingerprint density at radius 2 is 1.91 bits per heavy atom. The molecule has 9 nitrogen and oxygen atoms in total. The van der Waals surface area contributed by atoms with Gasteiger partial charge in [0.1, 0.15) is 0 Å². The van der Waals surface area contributed by atoms with Gasteiger partial charge in [0.15, 0.2) is 12.4 Å². The van der Waals surface area contributed by atoms with Crippen LogP contribution in [0.15, 0.2) is 41.4 Å². The van der Waals surface area contributed by atoms with Crippen molar-refractivity contribution in [3.63, 3.8) is 0 Å². The van der Waals surface area contributed by atoms with Gasteiger partial charge in [-0.3, -0.25) is 4.79 Å². The number of amides is 1. The molecule has 1 saturated heterocycles. The van der Waals surface area contributed by atoms with E-state index in [-0.39, 0.29) is 46.6 Å². The fourth-order valence-electron chi connectivity index (χ4n) is 3.15. The van der Waals surface area contributed by atoms with E-state index in [1.54, 1.807) is 13.8 Å². The van der Waals surface area contributed by atoms with Crippen LogP contribution >= 0.6 is 23.2 Å². The zero-order valence-corrected chi connectivity index (χ0v) is 19.6. The number of carbonyl (C=O) groups is 2. The Kier molecular flexibility index (Phi) is 7.73. The van der Waals surface area contributed by atoms with E-state index in [1.165, 1.54) is 40.8 Å². The summed E-state index contributed by atoms with van der Waals surface area (Å²) in [7, 11) is -3.83. The van der Waals surface area contributed by atoms with Crippen LogP contribution in [-0.2, 0) is 24.3 Å². The van der Waals surface area contributed by atoms with Gasteiger partial charge < -0.3 is 14.8 Å². The first-order valence-electron chi connectivity index (χ1n) is 9.60. The number of sulfonamides is 1. The van der Waals surface area contributed by atoms with Crippen LogP contribution in [0.5, 0.6) is 0 Å². The molecule has 2 unspecified atom stereocenters. The minimum absolute atomic E-state index is 0.00381. The number of aromatic nitrogens is 1. The van der Waals surface area contributed by atoms with Crippen molar-refractivity contribution in [1.29, 1.82) is 0 Å². The van der Waals surface area contributed by atoms with Gasteiger partial charge in [-0.05, 0) is 38.1 Å². The molecule has 0 radical (unpaired) electrons. The van der Waals surface area contributed by atoms with Gasteiger partial charge in [-0.2, -0.15) is 4.31 Å². The third-order valence-electron chi connectivity index (χ3n) is 4.49. The van der Waals surface area contributed by atoms with E-state index in [9.17, 15) is 18.0 Å². The lowest BCUT2D eigenvalue weighted by atomic mass is 10.2. The molecule has 1 N–H and O–H groups in total. The molecule has 172 valence electrons. The summed E-state index contributed by atoms with van der Waals surface area (Å²) in [4.78, 5) is 28.3. The van der Waals surface area contributed by atoms with Crippen molar-refractivity contribution in [2.75, 3.05) is 25.0 Å². The molecule has 1 aliphatic heterocycles. The summed E-state index contributed by atoms with van der Waals surface area (Å²) in [6.07, 6.45) is 0.810. The van der Waals surface area contributed by atoms with Gasteiger partial charge in [0.25, 0.3) is 5.91 Å². The van der Waals surface area contributed by atoms with Gasteiger partial charge in [-0.1, -0.05) is 29.3 Å². The molecule has 0 aliphatic carbocycles. The lowest BCUT2D eigenvalue weighted by Gasteiger charge is -2.34. The smallest absolute Gasteiger partial charge is 0.338 e. The second-order valence-electron chi connectivity index (χ2n) is 7.22. The number of carbonyl (C=O) groups excluding carboxylic acids is 2. The molecule has 1 fully saturated rings. The van der Waals surface area contributed by atoms with Crippen molar-refractivity contribution in [3.05, 3.63) is 52.1 Å². The highest BCUT2D eigenvalue weighted by atomic mass is 35.5. The Morgan fingerprint density at radius 3 is 2.56 bits per heavy atom. The Hall–Kier alpha value is -2.24. The summed E-state index contributed by atoms with van der Waals surface area (Å²) in [5, 5.41) is 2.83. The first-order valence-corrected chi connectivity index (χ1v) is 11.8. The highest BCUT2D eigenvalue weighted by Crippen LogP contribution is 2.23. The highest BCUT2D eigenvalue weighted by Gasteiger charge is 2.32. The maximum Gasteiger partial charge on any atom is 0.338 e. The molecule has 1 amide bonds. The number of nitrogens with one attached hydrogen (secondary N) is 1. The maximum absolute atomic E-state index is 13.0. The number of morpholine rings is 1. The molecule has 2 aromatic rings. The van der Waals surface area contributed by atoms with E-state index in [2.05, 4.69) is 10.3 Å². The molecule has 0 saturated carbocycles. The Labute approximate surface area is 195 Å². The normalized spacial score (nSPS) is 19.4. The van der Waals surface area contributed by atoms with Crippen molar-refractivity contribution in [3.8, 4) is 0 Å². The van der Waals surface area contributed by atoms with Gasteiger partial charge in [-0.15, -0.1) is 0 Å². The van der Waals surface area contributed by atoms with Crippen molar-refractivity contribution in [2.45, 2.75) is 31.0 Å². The molecule has 0 spiro atoms. The maximum atomic E-state index is 13.0. The van der Waals surface area contributed by atoms with Gasteiger partial charge in [-0.25, -0.2) is 18.2 Å². The lowest BCUT2D eigenvalue weighted by molar-refractivity contribution is -0.119. The molecule has 0 bridgehead atoms. The van der Waals surface area contributed by atoms with E-state index in [0.29, 0.717) is 5.02 Å². The Morgan fingerprint density at radius 1 is 1.22 bits per heavy atom. The average Bonchev–Trinajstić information content (AvgIpc) is 2.73. The predicted octanol–water partition coefficient (Wildman–Crippen LogP) is 2.98. The van der Waals surface area contributed by atoms with Gasteiger partial charge in [0.05, 0.1) is 32.7 Å². The van der Waals surface area contributed by atoms with Crippen molar-refractivity contribution in [2.24, 2.45) is 0 Å². The standard InChI is InChI=1S/C20H21Cl2N3O6S/c1-12-9-25(10-13(2)31-12)32(28,29)16-5-3-4-14(6-16)20(27)30-11-18(26)24-19-17(22)7-15(21)8-23-19/h3-8,12-13H,9-11H2,1-2H3,(H,23,24,26). The highest BCUT2D eigenvalue weighted by molar-refractivity contribution is 7.89. The number of rotatable bonds is 6. The third-order valence-corrected chi connectivity index (χ3v) is 6.82. The van der Waals surface area contributed by atoms with Crippen LogP contribution in [0, 0.1) is 0 Å². The molecule has 1 aromatic heterocycles. The van der Waals surface area contributed by atoms with Crippen molar-refractivity contribution < 1.29 is 27.5 Å².